The third-order valence-corrected chi connectivity index (χ3v) is 7.54. The molecule has 5 aliphatic rings. The summed E-state index contributed by atoms with van der Waals surface area (Å²) in [5.74, 6) is 2.92. The fourth-order valence-corrected chi connectivity index (χ4v) is 6.04. The van der Waals surface area contributed by atoms with Gasteiger partial charge in [-0.3, -0.25) is 9.69 Å². The number of fused-ring (bicyclic) bond motifs is 5. The van der Waals surface area contributed by atoms with Gasteiger partial charge in [0.25, 0.3) is 5.56 Å². The van der Waals surface area contributed by atoms with Crippen LogP contribution in [0.25, 0.3) is 0 Å². The Morgan fingerprint density at radius 2 is 2.04 bits per heavy atom. The molecule has 1 aromatic heterocycles. The van der Waals surface area contributed by atoms with Crippen molar-refractivity contribution in [3.05, 3.63) is 45.9 Å². The lowest BCUT2D eigenvalue weighted by molar-refractivity contribution is -0.0127. The van der Waals surface area contributed by atoms with Crippen LogP contribution >= 0.6 is 0 Å². The van der Waals surface area contributed by atoms with Crippen LogP contribution in [0.4, 0.5) is 0 Å². The number of pyridine rings is 1. The Kier molecular flexibility index (Phi) is 3.16. The monoisotopic (exact) mass is 324 g/mol. The molecule has 3 nitrogen and oxygen atoms in total. The van der Waals surface area contributed by atoms with Crippen LogP contribution in [0.3, 0.4) is 0 Å². The number of hydrogen-bond acceptors (Lipinski definition) is 2. The van der Waals surface area contributed by atoms with Crippen LogP contribution in [0.2, 0.25) is 0 Å². The Labute approximate surface area is 144 Å². The van der Waals surface area contributed by atoms with Gasteiger partial charge in [0.1, 0.15) is 0 Å². The molecular weight excluding hydrogens is 296 g/mol. The van der Waals surface area contributed by atoms with Crippen LogP contribution in [0.1, 0.15) is 44.7 Å². The molecule has 0 unspecified atom stereocenters. The SMILES string of the molecule is CC1(C)[C@H]2CC=C(CN3C[C@H]4C[C@@H](C3)c3cccc(=O)n3C4)[C@H]1C2. The second-order valence-corrected chi connectivity index (χ2v) is 9.21. The minimum absolute atomic E-state index is 0.188. The van der Waals surface area contributed by atoms with E-state index in [9.17, 15) is 4.79 Å². The van der Waals surface area contributed by atoms with E-state index in [0.717, 1.165) is 38.0 Å². The molecule has 128 valence electrons. The summed E-state index contributed by atoms with van der Waals surface area (Å²) in [5.41, 5.74) is 3.68. The van der Waals surface area contributed by atoms with E-state index in [-0.39, 0.29) is 5.56 Å². The molecule has 1 saturated heterocycles. The van der Waals surface area contributed by atoms with Gasteiger partial charge >= 0.3 is 0 Å². The molecule has 1 saturated carbocycles. The third-order valence-electron chi connectivity index (χ3n) is 7.54. The molecule has 3 aliphatic carbocycles. The van der Waals surface area contributed by atoms with E-state index in [1.807, 2.05) is 10.6 Å². The second kappa shape index (κ2) is 5.08. The van der Waals surface area contributed by atoms with E-state index < -0.39 is 0 Å². The van der Waals surface area contributed by atoms with Crippen LogP contribution in [-0.2, 0) is 6.54 Å². The van der Waals surface area contributed by atoms with Crippen LogP contribution in [0, 0.1) is 23.2 Å². The van der Waals surface area contributed by atoms with Crippen LogP contribution in [0.15, 0.2) is 34.6 Å². The molecule has 3 heteroatoms. The van der Waals surface area contributed by atoms with Gasteiger partial charge in [-0.25, -0.2) is 0 Å². The van der Waals surface area contributed by atoms with Crippen molar-refractivity contribution in [2.45, 2.75) is 45.6 Å². The molecule has 2 fully saturated rings. The summed E-state index contributed by atoms with van der Waals surface area (Å²) in [4.78, 5) is 14.8. The van der Waals surface area contributed by atoms with Gasteiger partial charge in [0.05, 0.1) is 0 Å². The number of aromatic nitrogens is 1. The molecule has 3 heterocycles. The largest absolute Gasteiger partial charge is 0.312 e. The Morgan fingerprint density at radius 3 is 2.83 bits per heavy atom. The lowest BCUT2D eigenvalue weighted by atomic mass is 9.49. The predicted molar refractivity (Wildman–Crippen MR) is 96.1 cm³/mol. The maximum Gasteiger partial charge on any atom is 0.250 e. The van der Waals surface area contributed by atoms with Crippen molar-refractivity contribution in [1.29, 1.82) is 0 Å². The van der Waals surface area contributed by atoms with E-state index in [4.69, 9.17) is 0 Å². The summed E-state index contributed by atoms with van der Waals surface area (Å²) in [5, 5.41) is 0. The summed E-state index contributed by atoms with van der Waals surface area (Å²) in [6.45, 7) is 9.28. The molecule has 0 amide bonds. The third kappa shape index (κ3) is 2.10. The molecule has 0 aromatic carbocycles. The summed E-state index contributed by atoms with van der Waals surface area (Å²) >= 11 is 0. The minimum atomic E-state index is 0.188. The predicted octanol–water partition coefficient (Wildman–Crippen LogP) is 3.26. The fraction of sp³-hybridized carbons (Fsp3) is 0.667. The number of piperidine rings is 1. The van der Waals surface area contributed by atoms with Crippen LogP contribution in [0.5, 0.6) is 0 Å². The average Bonchev–Trinajstić information content (AvgIpc) is 2.56. The van der Waals surface area contributed by atoms with Crippen molar-refractivity contribution in [2.75, 3.05) is 19.6 Å². The summed E-state index contributed by atoms with van der Waals surface area (Å²) in [7, 11) is 0. The van der Waals surface area contributed by atoms with Gasteiger partial charge < -0.3 is 4.57 Å². The number of allylic oxidation sites excluding steroid dienone is 1. The Morgan fingerprint density at radius 1 is 1.17 bits per heavy atom. The first kappa shape index (κ1) is 14.9. The quantitative estimate of drug-likeness (QED) is 0.780. The number of rotatable bonds is 2. The van der Waals surface area contributed by atoms with Crippen molar-refractivity contribution >= 4 is 0 Å². The number of likely N-dealkylation sites (tertiary alicyclic amines) is 1. The van der Waals surface area contributed by atoms with Crippen molar-refractivity contribution in [2.24, 2.45) is 23.2 Å². The molecular formula is C21H28N2O. The van der Waals surface area contributed by atoms with Crippen molar-refractivity contribution in [3.63, 3.8) is 0 Å². The van der Waals surface area contributed by atoms with Crippen LogP contribution in [-0.4, -0.2) is 29.1 Å². The minimum Gasteiger partial charge on any atom is -0.312 e. The van der Waals surface area contributed by atoms with E-state index >= 15 is 0 Å². The Balaban J connectivity index is 1.36. The first-order chi connectivity index (χ1) is 11.5. The molecule has 2 aliphatic heterocycles. The zero-order valence-corrected chi connectivity index (χ0v) is 14.9. The maximum absolute atomic E-state index is 12.2. The maximum atomic E-state index is 12.2. The molecule has 6 rings (SSSR count). The lowest BCUT2D eigenvalue weighted by Gasteiger charge is -2.57. The molecule has 0 radical (unpaired) electrons. The van der Waals surface area contributed by atoms with Gasteiger partial charge in [0.15, 0.2) is 0 Å². The van der Waals surface area contributed by atoms with Gasteiger partial charge in [-0.1, -0.05) is 31.6 Å². The molecule has 0 N–H and O–H groups in total. The summed E-state index contributed by atoms with van der Waals surface area (Å²) < 4.78 is 2.04. The van der Waals surface area contributed by atoms with Gasteiger partial charge in [0.2, 0.25) is 0 Å². The van der Waals surface area contributed by atoms with Gasteiger partial charge in [-0.2, -0.15) is 0 Å². The van der Waals surface area contributed by atoms with E-state index in [1.54, 1.807) is 11.6 Å². The molecule has 1 aromatic rings. The highest BCUT2D eigenvalue weighted by Gasteiger charge is 2.51. The highest BCUT2D eigenvalue weighted by Crippen LogP contribution is 2.59. The highest BCUT2D eigenvalue weighted by atomic mass is 16.1. The average molecular weight is 324 g/mol. The standard InChI is InChI=1S/C21H28N2O/c1-21(2)17-7-6-15(18(21)9-17)12-22-10-14-8-16(13-22)19-4-3-5-20(24)23(19)11-14/h3-6,14,16-18H,7-13H2,1-2H3/t14-,16+,17+,18-/m1/s1. The van der Waals surface area contributed by atoms with E-state index in [0.29, 0.717) is 17.3 Å². The molecule has 4 bridgehead atoms. The first-order valence-electron chi connectivity index (χ1n) is 9.63. The highest BCUT2D eigenvalue weighted by molar-refractivity contribution is 5.25. The zero-order valence-electron chi connectivity index (χ0n) is 14.9. The Bertz CT molecular complexity index is 759. The smallest absolute Gasteiger partial charge is 0.250 e. The van der Waals surface area contributed by atoms with Crippen molar-refractivity contribution in [1.82, 2.24) is 9.47 Å². The van der Waals surface area contributed by atoms with Gasteiger partial charge in [0, 0.05) is 43.9 Å². The normalized spacial score (nSPS) is 36.5. The molecule has 24 heavy (non-hydrogen) atoms. The zero-order chi connectivity index (χ0) is 16.5. The lowest BCUT2D eigenvalue weighted by Crippen LogP contribution is -2.52. The van der Waals surface area contributed by atoms with Gasteiger partial charge in [-0.05, 0) is 48.5 Å². The Hall–Kier alpha value is -1.35. The molecule has 4 atom stereocenters. The second-order valence-electron chi connectivity index (χ2n) is 9.21. The van der Waals surface area contributed by atoms with Crippen molar-refractivity contribution < 1.29 is 0 Å². The first-order valence-corrected chi connectivity index (χ1v) is 9.63. The molecule has 0 spiro atoms. The summed E-state index contributed by atoms with van der Waals surface area (Å²) in [6, 6.07) is 5.82. The van der Waals surface area contributed by atoms with Crippen molar-refractivity contribution in [3.8, 4) is 0 Å². The van der Waals surface area contributed by atoms with E-state index in [1.165, 1.54) is 25.0 Å². The number of hydrogen-bond donors (Lipinski definition) is 0. The topological polar surface area (TPSA) is 25.2 Å². The van der Waals surface area contributed by atoms with E-state index in [2.05, 4.69) is 30.9 Å². The summed E-state index contributed by atoms with van der Waals surface area (Å²) in [6.07, 6.45) is 6.51. The fourth-order valence-electron chi connectivity index (χ4n) is 6.04. The van der Waals surface area contributed by atoms with Crippen LogP contribution < -0.4 is 5.56 Å². The van der Waals surface area contributed by atoms with Gasteiger partial charge in [-0.15, -0.1) is 0 Å². The number of nitrogens with zero attached hydrogens (tertiary/aromatic N) is 2.